The number of anilines is 2. The van der Waals surface area contributed by atoms with Crippen LogP contribution in [0.15, 0.2) is 18.2 Å². The summed E-state index contributed by atoms with van der Waals surface area (Å²) in [5.41, 5.74) is 7.40. The number of nitrogens with zero attached hydrogens (tertiary/aromatic N) is 4. The Morgan fingerprint density at radius 2 is 2.05 bits per heavy atom. The predicted molar refractivity (Wildman–Crippen MR) is 82.0 cm³/mol. The highest BCUT2D eigenvalue weighted by Gasteiger charge is 2.22. The lowest BCUT2D eigenvalue weighted by Gasteiger charge is -2.13. The van der Waals surface area contributed by atoms with Crippen molar-refractivity contribution in [3.63, 3.8) is 0 Å². The number of ether oxygens (including phenoxy) is 1. The fourth-order valence-corrected chi connectivity index (χ4v) is 2.43. The number of aromatic nitrogens is 3. The number of benzene rings is 1. The monoisotopic (exact) mass is 299 g/mol. The van der Waals surface area contributed by atoms with Gasteiger partial charge < -0.3 is 15.4 Å². The van der Waals surface area contributed by atoms with E-state index < -0.39 is 0 Å². The SMILES string of the molecule is CN(C)c1nc(N)nc(COc2cccc3c2CCC3=O)n1. The molecule has 0 spiro atoms. The molecule has 2 aromatic rings. The van der Waals surface area contributed by atoms with Gasteiger partial charge in [0.05, 0.1) is 0 Å². The van der Waals surface area contributed by atoms with Gasteiger partial charge in [-0.05, 0) is 12.5 Å². The Hall–Kier alpha value is -2.70. The smallest absolute Gasteiger partial charge is 0.230 e. The molecular weight excluding hydrogens is 282 g/mol. The van der Waals surface area contributed by atoms with E-state index in [2.05, 4.69) is 15.0 Å². The van der Waals surface area contributed by atoms with E-state index in [1.54, 1.807) is 4.90 Å². The van der Waals surface area contributed by atoms with E-state index in [0.717, 1.165) is 11.1 Å². The molecule has 0 atom stereocenters. The number of nitrogen functional groups attached to an aromatic ring is 1. The summed E-state index contributed by atoms with van der Waals surface area (Å²) in [4.78, 5) is 25.9. The topological polar surface area (TPSA) is 94.2 Å². The van der Waals surface area contributed by atoms with Crippen LogP contribution in [0.1, 0.15) is 28.2 Å². The second kappa shape index (κ2) is 5.59. The van der Waals surface area contributed by atoms with Crippen LogP contribution < -0.4 is 15.4 Å². The van der Waals surface area contributed by atoms with Crippen molar-refractivity contribution in [2.24, 2.45) is 0 Å². The second-order valence-electron chi connectivity index (χ2n) is 5.30. The third-order valence-electron chi connectivity index (χ3n) is 3.48. The molecule has 22 heavy (non-hydrogen) atoms. The van der Waals surface area contributed by atoms with Crippen LogP contribution in [-0.4, -0.2) is 34.8 Å². The van der Waals surface area contributed by atoms with Gasteiger partial charge in [0.25, 0.3) is 0 Å². The molecular formula is C15H17N5O2. The molecule has 0 fully saturated rings. The van der Waals surface area contributed by atoms with Crippen molar-refractivity contribution in [1.82, 2.24) is 15.0 Å². The lowest BCUT2D eigenvalue weighted by Crippen LogP contribution is -2.17. The number of rotatable bonds is 4. The van der Waals surface area contributed by atoms with Gasteiger partial charge in [0, 0.05) is 31.6 Å². The van der Waals surface area contributed by atoms with Gasteiger partial charge in [-0.3, -0.25) is 4.79 Å². The largest absolute Gasteiger partial charge is 0.485 e. The summed E-state index contributed by atoms with van der Waals surface area (Å²) in [5, 5.41) is 0. The zero-order valence-corrected chi connectivity index (χ0v) is 12.5. The number of carbonyl (C=O) groups is 1. The van der Waals surface area contributed by atoms with Crippen molar-refractivity contribution in [2.45, 2.75) is 19.4 Å². The summed E-state index contributed by atoms with van der Waals surface area (Å²) in [6.45, 7) is 0.179. The molecule has 1 aliphatic rings. The highest BCUT2D eigenvalue weighted by molar-refractivity contribution is 6.01. The minimum atomic E-state index is 0.158. The Morgan fingerprint density at radius 1 is 1.23 bits per heavy atom. The van der Waals surface area contributed by atoms with Crippen LogP contribution in [-0.2, 0) is 13.0 Å². The minimum Gasteiger partial charge on any atom is -0.485 e. The molecule has 3 rings (SSSR count). The summed E-state index contributed by atoms with van der Waals surface area (Å²) < 4.78 is 5.79. The Labute approximate surface area is 128 Å². The molecule has 7 heteroatoms. The quantitative estimate of drug-likeness (QED) is 0.907. The third-order valence-corrected chi connectivity index (χ3v) is 3.48. The second-order valence-corrected chi connectivity index (χ2v) is 5.30. The standard InChI is InChI=1S/C15H17N5O2/c1-20(2)15-18-13(17-14(16)19-15)8-22-12-5-3-4-9-10(12)6-7-11(9)21/h3-5H,6-8H2,1-2H3,(H2,16,17,18,19). The van der Waals surface area contributed by atoms with Gasteiger partial charge in [-0.2, -0.15) is 15.0 Å². The van der Waals surface area contributed by atoms with Crippen LogP contribution in [0, 0.1) is 0 Å². The summed E-state index contributed by atoms with van der Waals surface area (Å²) in [5.74, 6) is 1.97. The van der Waals surface area contributed by atoms with E-state index in [1.807, 2.05) is 32.3 Å². The van der Waals surface area contributed by atoms with Crippen molar-refractivity contribution in [2.75, 3.05) is 24.7 Å². The fraction of sp³-hybridized carbons (Fsp3) is 0.333. The minimum absolute atomic E-state index is 0.158. The molecule has 0 bridgehead atoms. The first-order chi connectivity index (χ1) is 10.5. The molecule has 7 nitrogen and oxygen atoms in total. The van der Waals surface area contributed by atoms with E-state index >= 15 is 0 Å². The highest BCUT2D eigenvalue weighted by Crippen LogP contribution is 2.30. The van der Waals surface area contributed by atoms with Crippen molar-refractivity contribution in [3.05, 3.63) is 35.2 Å². The number of carbonyl (C=O) groups excluding carboxylic acids is 1. The molecule has 0 aliphatic heterocycles. The average molecular weight is 299 g/mol. The van der Waals surface area contributed by atoms with Crippen LogP contribution in [0.25, 0.3) is 0 Å². The average Bonchev–Trinajstić information content (AvgIpc) is 2.87. The highest BCUT2D eigenvalue weighted by atomic mass is 16.5. The molecule has 2 N–H and O–H groups in total. The number of hydrogen-bond donors (Lipinski definition) is 1. The van der Waals surface area contributed by atoms with E-state index in [9.17, 15) is 4.79 Å². The lowest BCUT2D eigenvalue weighted by atomic mass is 10.1. The first-order valence-electron chi connectivity index (χ1n) is 7.00. The van der Waals surface area contributed by atoms with Crippen LogP contribution in [0.2, 0.25) is 0 Å². The van der Waals surface area contributed by atoms with Crippen molar-refractivity contribution < 1.29 is 9.53 Å². The molecule has 0 unspecified atom stereocenters. The predicted octanol–water partition coefficient (Wildman–Crippen LogP) is 1.23. The zero-order chi connectivity index (χ0) is 15.7. The van der Waals surface area contributed by atoms with Gasteiger partial charge in [-0.1, -0.05) is 12.1 Å². The Morgan fingerprint density at radius 3 is 2.82 bits per heavy atom. The maximum atomic E-state index is 11.7. The first-order valence-corrected chi connectivity index (χ1v) is 7.00. The van der Waals surface area contributed by atoms with Gasteiger partial charge in [-0.15, -0.1) is 0 Å². The molecule has 1 heterocycles. The van der Waals surface area contributed by atoms with Crippen LogP contribution in [0.4, 0.5) is 11.9 Å². The van der Waals surface area contributed by atoms with Gasteiger partial charge in [0.1, 0.15) is 12.4 Å². The molecule has 0 saturated heterocycles. The van der Waals surface area contributed by atoms with Crippen molar-refractivity contribution in [3.8, 4) is 5.75 Å². The van der Waals surface area contributed by atoms with Gasteiger partial charge in [-0.25, -0.2) is 0 Å². The summed E-state index contributed by atoms with van der Waals surface area (Å²) in [7, 11) is 3.66. The Balaban J connectivity index is 1.81. The number of ketones is 1. The normalized spacial score (nSPS) is 13.1. The summed E-state index contributed by atoms with van der Waals surface area (Å²) in [6.07, 6.45) is 1.26. The molecule has 1 aromatic carbocycles. The van der Waals surface area contributed by atoms with Gasteiger partial charge in [0.2, 0.25) is 11.9 Å². The van der Waals surface area contributed by atoms with E-state index in [4.69, 9.17) is 10.5 Å². The maximum absolute atomic E-state index is 11.7. The number of nitrogens with two attached hydrogens (primary N) is 1. The zero-order valence-electron chi connectivity index (χ0n) is 12.5. The molecule has 114 valence electrons. The molecule has 0 radical (unpaired) electrons. The number of hydrogen-bond acceptors (Lipinski definition) is 7. The Bertz CT molecular complexity index is 730. The number of Topliss-reactive ketones (excluding diaryl/α,β-unsaturated/α-hetero) is 1. The van der Waals surface area contributed by atoms with Crippen LogP contribution in [0.3, 0.4) is 0 Å². The van der Waals surface area contributed by atoms with Crippen LogP contribution in [0.5, 0.6) is 5.75 Å². The molecule has 1 aliphatic carbocycles. The van der Waals surface area contributed by atoms with Gasteiger partial charge >= 0.3 is 0 Å². The summed E-state index contributed by atoms with van der Waals surface area (Å²) in [6, 6.07) is 5.52. The first kappa shape index (κ1) is 14.2. The Kier molecular flexibility index (Phi) is 3.62. The molecule has 0 amide bonds. The lowest BCUT2D eigenvalue weighted by molar-refractivity contribution is 0.0994. The third kappa shape index (κ3) is 2.69. The van der Waals surface area contributed by atoms with E-state index in [-0.39, 0.29) is 18.3 Å². The van der Waals surface area contributed by atoms with E-state index in [0.29, 0.717) is 30.4 Å². The summed E-state index contributed by atoms with van der Waals surface area (Å²) >= 11 is 0. The fourth-order valence-electron chi connectivity index (χ4n) is 2.43. The number of fused-ring (bicyclic) bond motifs is 1. The molecule has 1 aromatic heterocycles. The molecule has 0 saturated carbocycles. The van der Waals surface area contributed by atoms with Crippen LogP contribution >= 0.6 is 0 Å². The van der Waals surface area contributed by atoms with Gasteiger partial charge in [0.15, 0.2) is 11.6 Å². The van der Waals surface area contributed by atoms with Crippen molar-refractivity contribution in [1.29, 1.82) is 0 Å². The van der Waals surface area contributed by atoms with E-state index in [1.165, 1.54) is 0 Å². The maximum Gasteiger partial charge on any atom is 0.230 e. The van der Waals surface area contributed by atoms with Crippen molar-refractivity contribution >= 4 is 17.7 Å².